The van der Waals surface area contributed by atoms with Crippen LogP contribution in [0.4, 0.5) is 8.78 Å². The minimum absolute atomic E-state index is 0.0575. The van der Waals surface area contributed by atoms with E-state index in [1.165, 1.54) is 6.07 Å². The first-order valence-corrected chi connectivity index (χ1v) is 8.16. The lowest BCUT2D eigenvalue weighted by atomic mass is 10.0. The topological polar surface area (TPSA) is 47.6 Å². The molecular weight excluding hydrogens is 328 g/mol. The number of carbonyl (C=O) groups excluding carboxylic acids is 1. The highest BCUT2D eigenvalue weighted by atomic mass is 19.1. The summed E-state index contributed by atoms with van der Waals surface area (Å²) in [6.45, 7) is 3.76. The molecule has 0 spiro atoms. The minimum Gasteiger partial charge on any atom is -0.465 e. The molecule has 0 aliphatic heterocycles. The van der Waals surface area contributed by atoms with E-state index < -0.39 is 29.4 Å². The van der Waals surface area contributed by atoms with Crippen molar-refractivity contribution in [2.24, 2.45) is 0 Å². The van der Waals surface area contributed by atoms with Gasteiger partial charge in [0.15, 0.2) is 17.4 Å². The maximum atomic E-state index is 14.8. The minimum atomic E-state index is -0.787. The van der Waals surface area contributed by atoms with E-state index >= 15 is 0 Å². The molecule has 2 rings (SSSR count). The zero-order valence-electron chi connectivity index (χ0n) is 14.2. The molecule has 6 heteroatoms. The lowest BCUT2D eigenvalue weighted by molar-refractivity contribution is -0.142. The zero-order chi connectivity index (χ0) is 18.2. The number of hydrogen-bond acceptors (Lipinski definition) is 4. The lowest BCUT2D eigenvalue weighted by Crippen LogP contribution is -2.29. The van der Waals surface area contributed by atoms with Gasteiger partial charge in [-0.05, 0) is 31.5 Å². The number of ether oxygens (including phenoxy) is 2. The number of carbonyl (C=O) groups is 1. The van der Waals surface area contributed by atoms with E-state index in [-0.39, 0.29) is 18.7 Å². The quantitative estimate of drug-likeness (QED) is 0.719. The molecule has 2 aromatic rings. The summed E-state index contributed by atoms with van der Waals surface area (Å²) in [5, 5.41) is 2.93. The maximum absolute atomic E-state index is 14.8. The SMILES string of the molecule is CCOC(=O)CNC(CC)c1ccc(F)c(Oc2ccccc2)c1F. The molecule has 0 saturated carbocycles. The molecule has 1 atom stereocenters. The van der Waals surface area contributed by atoms with Crippen LogP contribution in [-0.2, 0) is 9.53 Å². The molecule has 0 amide bonds. The Morgan fingerprint density at radius 3 is 2.48 bits per heavy atom. The second kappa shape index (κ2) is 9.13. The Morgan fingerprint density at radius 1 is 1.12 bits per heavy atom. The van der Waals surface area contributed by atoms with Crippen LogP contribution in [0.1, 0.15) is 31.9 Å². The summed E-state index contributed by atoms with van der Waals surface area (Å²) in [6.07, 6.45) is 0.507. The molecule has 0 heterocycles. The Bertz CT molecular complexity index is 707. The third-order valence-corrected chi connectivity index (χ3v) is 3.62. The first kappa shape index (κ1) is 18.9. The predicted molar refractivity (Wildman–Crippen MR) is 90.5 cm³/mol. The Labute approximate surface area is 145 Å². The fraction of sp³-hybridized carbons (Fsp3) is 0.316. The van der Waals surface area contributed by atoms with Crippen LogP contribution in [0.5, 0.6) is 11.5 Å². The van der Waals surface area contributed by atoms with Gasteiger partial charge in [-0.2, -0.15) is 0 Å². The third kappa shape index (κ3) is 5.00. The van der Waals surface area contributed by atoms with Gasteiger partial charge in [0.2, 0.25) is 0 Å². The van der Waals surface area contributed by atoms with Gasteiger partial charge < -0.3 is 9.47 Å². The number of halogens is 2. The van der Waals surface area contributed by atoms with Crippen LogP contribution in [0, 0.1) is 11.6 Å². The van der Waals surface area contributed by atoms with Gasteiger partial charge in [-0.25, -0.2) is 8.78 Å². The van der Waals surface area contributed by atoms with E-state index in [0.29, 0.717) is 12.2 Å². The fourth-order valence-electron chi connectivity index (χ4n) is 2.41. The average Bonchev–Trinajstić information content (AvgIpc) is 2.61. The van der Waals surface area contributed by atoms with Crippen LogP contribution in [-0.4, -0.2) is 19.1 Å². The van der Waals surface area contributed by atoms with Crippen LogP contribution < -0.4 is 10.1 Å². The van der Waals surface area contributed by atoms with E-state index in [0.717, 1.165) is 6.07 Å². The normalized spacial score (nSPS) is 11.8. The molecule has 2 aromatic carbocycles. The van der Waals surface area contributed by atoms with Crippen molar-refractivity contribution in [2.75, 3.05) is 13.2 Å². The molecule has 0 bridgehead atoms. The van der Waals surface area contributed by atoms with Crippen molar-refractivity contribution >= 4 is 5.97 Å². The van der Waals surface area contributed by atoms with Crippen LogP contribution in [0.3, 0.4) is 0 Å². The first-order valence-electron chi connectivity index (χ1n) is 8.16. The molecule has 0 aliphatic carbocycles. The molecular formula is C19H21F2NO3. The average molecular weight is 349 g/mol. The van der Waals surface area contributed by atoms with E-state index in [4.69, 9.17) is 9.47 Å². The standard InChI is InChI=1S/C19H21F2NO3/c1-3-16(22-12-17(23)24-4-2)14-10-11-15(20)19(18(14)21)25-13-8-6-5-7-9-13/h5-11,16,22H,3-4,12H2,1-2H3. The first-order chi connectivity index (χ1) is 12.1. The number of esters is 1. The van der Waals surface area contributed by atoms with E-state index in [2.05, 4.69) is 5.32 Å². The predicted octanol–water partition coefficient (Wildman–Crippen LogP) is 4.36. The van der Waals surface area contributed by atoms with Crippen molar-refractivity contribution in [1.29, 1.82) is 0 Å². The van der Waals surface area contributed by atoms with Crippen molar-refractivity contribution in [3.8, 4) is 11.5 Å². The van der Waals surface area contributed by atoms with Crippen LogP contribution in [0.2, 0.25) is 0 Å². The van der Waals surface area contributed by atoms with Gasteiger partial charge in [0.1, 0.15) is 5.75 Å². The monoisotopic (exact) mass is 349 g/mol. The molecule has 0 saturated heterocycles. The van der Waals surface area contributed by atoms with Crippen molar-refractivity contribution in [3.63, 3.8) is 0 Å². The Balaban J connectivity index is 2.22. The number of benzene rings is 2. The van der Waals surface area contributed by atoms with E-state index in [9.17, 15) is 13.6 Å². The Kier molecular flexibility index (Phi) is 6.89. The van der Waals surface area contributed by atoms with Gasteiger partial charge in [0.25, 0.3) is 0 Å². The second-order valence-corrected chi connectivity index (χ2v) is 5.34. The summed E-state index contributed by atoms with van der Waals surface area (Å²) in [5.41, 5.74) is 0.235. The van der Waals surface area contributed by atoms with Gasteiger partial charge in [-0.15, -0.1) is 0 Å². The van der Waals surface area contributed by atoms with Crippen LogP contribution >= 0.6 is 0 Å². The van der Waals surface area contributed by atoms with Gasteiger partial charge in [0.05, 0.1) is 13.2 Å². The third-order valence-electron chi connectivity index (χ3n) is 3.62. The second-order valence-electron chi connectivity index (χ2n) is 5.34. The van der Waals surface area contributed by atoms with E-state index in [1.807, 2.05) is 6.92 Å². The van der Waals surface area contributed by atoms with Crippen LogP contribution in [0.15, 0.2) is 42.5 Å². The molecule has 1 unspecified atom stereocenters. The smallest absolute Gasteiger partial charge is 0.319 e. The molecule has 0 aliphatic rings. The summed E-state index contributed by atoms with van der Waals surface area (Å²) in [7, 11) is 0. The highest BCUT2D eigenvalue weighted by Gasteiger charge is 2.21. The summed E-state index contributed by atoms with van der Waals surface area (Å²) >= 11 is 0. The summed E-state index contributed by atoms with van der Waals surface area (Å²) in [4.78, 5) is 11.5. The Hall–Kier alpha value is -2.47. The van der Waals surface area contributed by atoms with Crippen molar-refractivity contribution in [3.05, 3.63) is 59.7 Å². The number of rotatable bonds is 8. The van der Waals surface area contributed by atoms with Gasteiger partial charge in [-0.3, -0.25) is 10.1 Å². The summed E-state index contributed by atoms with van der Waals surface area (Å²) < 4.78 is 39.1. The van der Waals surface area contributed by atoms with Crippen LogP contribution in [0.25, 0.3) is 0 Å². The summed E-state index contributed by atoms with van der Waals surface area (Å²) in [5.74, 6) is -2.12. The van der Waals surface area contributed by atoms with Gasteiger partial charge in [0, 0.05) is 11.6 Å². The molecule has 0 aromatic heterocycles. The summed E-state index contributed by atoms with van der Waals surface area (Å²) in [6, 6.07) is 10.5. The highest BCUT2D eigenvalue weighted by molar-refractivity contribution is 5.71. The molecule has 4 nitrogen and oxygen atoms in total. The molecule has 1 N–H and O–H groups in total. The van der Waals surface area contributed by atoms with E-state index in [1.54, 1.807) is 37.3 Å². The number of para-hydroxylation sites is 1. The largest absolute Gasteiger partial charge is 0.465 e. The number of nitrogens with one attached hydrogen (secondary N) is 1. The molecule has 0 fully saturated rings. The fourth-order valence-corrected chi connectivity index (χ4v) is 2.41. The number of hydrogen-bond donors (Lipinski definition) is 1. The molecule has 134 valence electrons. The maximum Gasteiger partial charge on any atom is 0.319 e. The molecule has 0 radical (unpaired) electrons. The van der Waals surface area contributed by atoms with Gasteiger partial charge in [-0.1, -0.05) is 31.2 Å². The molecule has 25 heavy (non-hydrogen) atoms. The van der Waals surface area contributed by atoms with Crippen molar-refractivity contribution < 1.29 is 23.0 Å². The van der Waals surface area contributed by atoms with Crippen molar-refractivity contribution in [1.82, 2.24) is 5.32 Å². The Morgan fingerprint density at radius 2 is 1.84 bits per heavy atom. The lowest BCUT2D eigenvalue weighted by Gasteiger charge is -2.19. The van der Waals surface area contributed by atoms with Crippen molar-refractivity contribution in [2.45, 2.75) is 26.3 Å². The zero-order valence-corrected chi connectivity index (χ0v) is 14.2. The highest BCUT2D eigenvalue weighted by Crippen LogP contribution is 2.32. The van der Waals surface area contributed by atoms with Gasteiger partial charge >= 0.3 is 5.97 Å².